The Labute approximate surface area is 129 Å². The summed E-state index contributed by atoms with van der Waals surface area (Å²) in [5, 5.41) is 11.1. The van der Waals surface area contributed by atoms with Crippen molar-refractivity contribution >= 4 is 0 Å². The predicted molar refractivity (Wildman–Crippen MR) is 83.3 cm³/mol. The number of aliphatic hydroxyl groups is 1. The van der Waals surface area contributed by atoms with Gasteiger partial charge in [-0.1, -0.05) is 19.8 Å². The molecule has 1 spiro atoms. The fraction of sp³-hybridized carbons (Fsp3) is 1.00. The first-order valence-electron chi connectivity index (χ1n) is 8.96. The maximum atomic E-state index is 11.1. The van der Waals surface area contributed by atoms with Gasteiger partial charge >= 0.3 is 0 Å². The molecule has 0 aromatic rings. The molecule has 3 fully saturated rings. The molecule has 1 heterocycles. The molecule has 0 aromatic carbocycles. The molecule has 0 bridgehead atoms. The second-order valence-electron chi connectivity index (χ2n) is 7.89. The first-order chi connectivity index (χ1) is 10.1. The highest BCUT2D eigenvalue weighted by atomic mass is 16.5. The first-order valence-corrected chi connectivity index (χ1v) is 8.96. The highest BCUT2D eigenvalue weighted by Crippen LogP contribution is 2.47. The Balaban J connectivity index is 1.69. The molecule has 2 atom stereocenters. The molecule has 2 saturated carbocycles. The van der Waals surface area contributed by atoms with E-state index in [9.17, 15) is 5.11 Å². The average molecular weight is 296 g/mol. The lowest BCUT2D eigenvalue weighted by molar-refractivity contribution is -0.178. The molecule has 0 aromatic heterocycles. The van der Waals surface area contributed by atoms with Gasteiger partial charge in [-0.05, 0) is 63.2 Å². The van der Waals surface area contributed by atoms with Gasteiger partial charge in [0.2, 0.25) is 0 Å². The lowest BCUT2D eigenvalue weighted by Crippen LogP contribution is -2.53. The molecule has 122 valence electrons. The quantitative estimate of drug-likeness (QED) is 0.863. The van der Waals surface area contributed by atoms with E-state index in [4.69, 9.17) is 9.47 Å². The number of methoxy groups -OCH3 is 1. The van der Waals surface area contributed by atoms with Crippen LogP contribution in [0.3, 0.4) is 0 Å². The minimum Gasteiger partial charge on any atom is -0.390 e. The van der Waals surface area contributed by atoms with Crippen molar-refractivity contribution in [3.05, 3.63) is 0 Å². The minimum absolute atomic E-state index is 0.0841. The molecule has 0 amide bonds. The number of aliphatic hydroxyl groups excluding tert-OH is 1. The standard InChI is InChI=1S/C18H32O3/c1-14-5-10-18(20-2,11-6-14)16(19)15-7-12-21-17(13-15)8-3-4-9-17/h14-16,19H,3-13H2,1-2H3. The zero-order valence-corrected chi connectivity index (χ0v) is 13.8. The van der Waals surface area contributed by atoms with Gasteiger partial charge < -0.3 is 14.6 Å². The Kier molecular flexibility index (Phi) is 4.63. The number of ether oxygens (including phenoxy) is 2. The second-order valence-corrected chi connectivity index (χ2v) is 7.89. The summed E-state index contributed by atoms with van der Waals surface area (Å²) in [5.41, 5.74) is -0.213. The Hall–Kier alpha value is -0.120. The monoisotopic (exact) mass is 296 g/mol. The number of hydrogen-bond acceptors (Lipinski definition) is 3. The van der Waals surface area contributed by atoms with Crippen LogP contribution in [0.25, 0.3) is 0 Å². The van der Waals surface area contributed by atoms with E-state index in [2.05, 4.69) is 6.92 Å². The molecule has 2 unspecified atom stereocenters. The smallest absolute Gasteiger partial charge is 0.0939 e. The summed E-state index contributed by atoms with van der Waals surface area (Å²) in [7, 11) is 1.80. The van der Waals surface area contributed by atoms with Crippen LogP contribution in [0.2, 0.25) is 0 Å². The number of hydrogen-bond donors (Lipinski definition) is 1. The molecule has 2 aliphatic carbocycles. The van der Waals surface area contributed by atoms with Crippen molar-refractivity contribution in [1.29, 1.82) is 0 Å². The lowest BCUT2D eigenvalue weighted by atomic mass is 9.69. The van der Waals surface area contributed by atoms with Crippen molar-refractivity contribution in [2.24, 2.45) is 11.8 Å². The largest absolute Gasteiger partial charge is 0.390 e. The van der Waals surface area contributed by atoms with Crippen LogP contribution in [0.4, 0.5) is 0 Å². The molecular formula is C18H32O3. The normalized spacial score (nSPS) is 41.3. The van der Waals surface area contributed by atoms with Crippen LogP contribution in [-0.4, -0.2) is 36.1 Å². The van der Waals surface area contributed by atoms with E-state index < -0.39 is 0 Å². The Morgan fingerprint density at radius 2 is 1.76 bits per heavy atom. The third-order valence-electron chi connectivity index (χ3n) is 6.56. The van der Waals surface area contributed by atoms with E-state index in [-0.39, 0.29) is 17.3 Å². The van der Waals surface area contributed by atoms with E-state index >= 15 is 0 Å². The molecule has 0 radical (unpaired) electrons. The zero-order valence-electron chi connectivity index (χ0n) is 13.8. The van der Waals surface area contributed by atoms with Crippen LogP contribution >= 0.6 is 0 Å². The molecular weight excluding hydrogens is 264 g/mol. The molecule has 3 rings (SSSR count). The van der Waals surface area contributed by atoms with Gasteiger partial charge in [0, 0.05) is 13.7 Å². The van der Waals surface area contributed by atoms with Crippen LogP contribution in [0.5, 0.6) is 0 Å². The third kappa shape index (κ3) is 3.02. The summed E-state index contributed by atoms with van der Waals surface area (Å²) in [6.07, 6.45) is 11.0. The van der Waals surface area contributed by atoms with Gasteiger partial charge in [-0.25, -0.2) is 0 Å². The summed E-state index contributed by atoms with van der Waals surface area (Å²) < 4.78 is 12.0. The molecule has 21 heavy (non-hydrogen) atoms. The van der Waals surface area contributed by atoms with Crippen molar-refractivity contribution in [3.8, 4) is 0 Å². The number of rotatable bonds is 3. The Morgan fingerprint density at radius 3 is 2.38 bits per heavy atom. The summed E-state index contributed by atoms with van der Waals surface area (Å²) in [5.74, 6) is 1.13. The molecule has 3 heteroatoms. The molecule has 1 saturated heterocycles. The highest BCUT2D eigenvalue weighted by molar-refractivity contribution is 5.00. The van der Waals surface area contributed by atoms with E-state index in [0.717, 1.165) is 38.2 Å². The van der Waals surface area contributed by atoms with Crippen LogP contribution in [-0.2, 0) is 9.47 Å². The van der Waals surface area contributed by atoms with Gasteiger partial charge in [0.15, 0.2) is 0 Å². The fourth-order valence-corrected chi connectivity index (χ4v) is 5.00. The van der Waals surface area contributed by atoms with Crippen LogP contribution < -0.4 is 0 Å². The van der Waals surface area contributed by atoms with Gasteiger partial charge in [-0.2, -0.15) is 0 Å². The van der Waals surface area contributed by atoms with Gasteiger partial charge in [0.05, 0.1) is 17.3 Å². The first kappa shape index (κ1) is 15.8. The highest BCUT2D eigenvalue weighted by Gasteiger charge is 2.48. The van der Waals surface area contributed by atoms with Gasteiger partial charge in [-0.3, -0.25) is 0 Å². The van der Waals surface area contributed by atoms with Crippen LogP contribution in [0, 0.1) is 11.8 Å². The summed E-state index contributed by atoms with van der Waals surface area (Å²) in [6.45, 7) is 3.13. The van der Waals surface area contributed by atoms with Gasteiger partial charge in [-0.15, -0.1) is 0 Å². The summed E-state index contributed by atoms with van der Waals surface area (Å²) >= 11 is 0. The second kappa shape index (κ2) is 6.17. The maximum Gasteiger partial charge on any atom is 0.0939 e. The van der Waals surface area contributed by atoms with E-state index in [1.165, 1.54) is 38.5 Å². The summed E-state index contributed by atoms with van der Waals surface area (Å²) in [6, 6.07) is 0. The lowest BCUT2D eigenvalue weighted by Gasteiger charge is -2.48. The van der Waals surface area contributed by atoms with Crippen molar-refractivity contribution in [3.63, 3.8) is 0 Å². The van der Waals surface area contributed by atoms with Crippen LogP contribution in [0.15, 0.2) is 0 Å². The molecule has 1 aliphatic heterocycles. The van der Waals surface area contributed by atoms with Crippen molar-refractivity contribution in [1.82, 2.24) is 0 Å². The Bertz CT molecular complexity index is 340. The SMILES string of the molecule is COC1(C(O)C2CCOC3(CCCC3)C2)CCC(C)CC1. The summed E-state index contributed by atoms with van der Waals surface area (Å²) in [4.78, 5) is 0. The molecule has 3 aliphatic rings. The van der Waals surface area contributed by atoms with E-state index in [1.54, 1.807) is 7.11 Å². The maximum absolute atomic E-state index is 11.1. The third-order valence-corrected chi connectivity index (χ3v) is 6.56. The van der Waals surface area contributed by atoms with E-state index in [0.29, 0.717) is 5.92 Å². The fourth-order valence-electron chi connectivity index (χ4n) is 5.00. The van der Waals surface area contributed by atoms with Gasteiger partial charge in [0.25, 0.3) is 0 Å². The topological polar surface area (TPSA) is 38.7 Å². The van der Waals surface area contributed by atoms with Crippen molar-refractivity contribution in [2.75, 3.05) is 13.7 Å². The zero-order chi connectivity index (χ0) is 14.9. The van der Waals surface area contributed by atoms with Gasteiger partial charge in [0.1, 0.15) is 0 Å². The Morgan fingerprint density at radius 1 is 1.10 bits per heavy atom. The van der Waals surface area contributed by atoms with Crippen molar-refractivity contribution < 1.29 is 14.6 Å². The van der Waals surface area contributed by atoms with Crippen molar-refractivity contribution in [2.45, 2.75) is 88.4 Å². The average Bonchev–Trinajstić information content (AvgIpc) is 2.95. The molecule has 3 nitrogen and oxygen atoms in total. The van der Waals surface area contributed by atoms with Crippen LogP contribution in [0.1, 0.15) is 71.1 Å². The minimum atomic E-state index is -0.323. The predicted octanol–water partition coefficient (Wildman–Crippen LogP) is 3.68. The van der Waals surface area contributed by atoms with E-state index in [1.807, 2.05) is 0 Å². The molecule has 1 N–H and O–H groups in total.